The fourth-order valence-electron chi connectivity index (χ4n) is 1.34. The number of benzene rings is 1. The van der Waals surface area contributed by atoms with Crippen LogP contribution in [0, 0.1) is 0 Å². The third-order valence-electron chi connectivity index (χ3n) is 2.39. The van der Waals surface area contributed by atoms with E-state index in [0.29, 0.717) is 12.8 Å². The van der Waals surface area contributed by atoms with Crippen LogP contribution in [0.1, 0.15) is 12.0 Å². The molecule has 1 amide bonds. The molecular formula is C12H17NO3. The normalized spacial score (nSPS) is 9.94. The highest BCUT2D eigenvalue weighted by Gasteiger charge is 2.07. The Morgan fingerprint density at radius 1 is 1.38 bits per heavy atom. The van der Waals surface area contributed by atoms with E-state index in [1.165, 1.54) is 12.2 Å². The van der Waals surface area contributed by atoms with Crippen molar-refractivity contribution in [2.75, 3.05) is 21.3 Å². The van der Waals surface area contributed by atoms with Gasteiger partial charge in [-0.25, -0.2) is 5.06 Å². The molecule has 0 N–H and O–H groups in total. The maximum absolute atomic E-state index is 11.5. The zero-order valence-corrected chi connectivity index (χ0v) is 9.90. The molecule has 4 heteroatoms. The molecule has 0 aromatic heterocycles. The van der Waals surface area contributed by atoms with E-state index in [0.717, 1.165) is 11.3 Å². The van der Waals surface area contributed by atoms with Gasteiger partial charge >= 0.3 is 0 Å². The van der Waals surface area contributed by atoms with Crippen LogP contribution in [0.5, 0.6) is 5.75 Å². The van der Waals surface area contributed by atoms with Crippen LogP contribution >= 0.6 is 0 Å². The molecule has 0 atom stereocenters. The van der Waals surface area contributed by atoms with Gasteiger partial charge in [-0.05, 0) is 24.1 Å². The van der Waals surface area contributed by atoms with E-state index in [1.54, 1.807) is 14.2 Å². The Morgan fingerprint density at radius 2 is 2.12 bits per heavy atom. The third kappa shape index (κ3) is 3.55. The van der Waals surface area contributed by atoms with Crippen LogP contribution in [-0.2, 0) is 16.1 Å². The molecule has 4 nitrogen and oxygen atoms in total. The number of aryl methyl sites for hydroxylation is 1. The summed E-state index contributed by atoms with van der Waals surface area (Å²) in [5, 5.41) is 1.24. The number of ether oxygens (including phenoxy) is 1. The highest BCUT2D eigenvalue weighted by atomic mass is 16.7. The summed E-state index contributed by atoms with van der Waals surface area (Å²) in [5.41, 5.74) is 1.08. The molecule has 0 aliphatic rings. The zero-order chi connectivity index (χ0) is 12.0. The third-order valence-corrected chi connectivity index (χ3v) is 2.39. The Balaban J connectivity index is 2.51. The van der Waals surface area contributed by atoms with Crippen molar-refractivity contribution in [2.45, 2.75) is 12.8 Å². The maximum atomic E-state index is 11.5. The molecule has 16 heavy (non-hydrogen) atoms. The second kappa shape index (κ2) is 6.12. The lowest BCUT2D eigenvalue weighted by Crippen LogP contribution is -2.25. The van der Waals surface area contributed by atoms with Crippen molar-refractivity contribution in [1.82, 2.24) is 5.06 Å². The Bertz CT molecular complexity index is 352. The summed E-state index contributed by atoms with van der Waals surface area (Å²) in [6, 6.07) is 7.70. The standard InChI is InChI=1S/C12H17NO3/c1-13(16-3)12(14)8-7-10-5-4-6-11(9-10)15-2/h4-6,9H,7-8H2,1-3H3. The first kappa shape index (κ1) is 12.5. The molecule has 0 fully saturated rings. The van der Waals surface area contributed by atoms with Gasteiger partial charge in [0.1, 0.15) is 5.75 Å². The summed E-state index contributed by atoms with van der Waals surface area (Å²) in [6.07, 6.45) is 1.11. The molecule has 0 radical (unpaired) electrons. The molecule has 88 valence electrons. The second-order valence-corrected chi connectivity index (χ2v) is 3.43. The number of carbonyl (C=O) groups excluding carboxylic acids is 1. The van der Waals surface area contributed by atoms with Crippen molar-refractivity contribution in [1.29, 1.82) is 0 Å². The van der Waals surface area contributed by atoms with Gasteiger partial charge in [-0.2, -0.15) is 0 Å². The molecule has 0 aliphatic carbocycles. The van der Waals surface area contributed by atoms with Crippen molar-refractivity contribution < 1.29 is 14.4 Å². The van der Waals surface area contributed by atoms with E-state index in [1.807, 2.05) is 24.3 Å². The van der Waals surface area contributed by atoms with Gasteiger partial charge in [0, 0.05) is 13.5 Å². The van der Waals surface area contributed by atoms with Crippen LogP contribution in [0.15, 0.2) is 24.3 Å². The van der Waals surface area contributed by atoms with Crippen LogP contribution in [-0.4, -0.2) is 32.2 Å². The first-order valence-electron chi connectivity index (χ1n) is 5.11. The molecule has 1 rings (SSSR count). The fraction of sp³-hybridized carbons (Fsp3) is 0.417. The number of hydroxylamine groups is 2. The predicted octanol–water partition coefficient (Wildman–Crippen LogP) is 1.65. The summed E-state index contributed by atoms with van der Waals surface area (Å²) in [4.78, 5) is 16.3. The Morgan fingerprint density at radius 3 is 2.75 bits per heavy atom. The van der Waals surface area contributed by atoms with E-state index in [4.69, 9.17) is 9.57 Å². The number of hydrogen-bond donors (Lipinski definition) is 0. The van der Waals surface area contributed by atoms with Crippen molar-refractivity contribution in [2.24, 2.45) is 0 Å². The zero-order valence-electron chi connectivity index (χ0n) is 9.90. The van der Waals surface area contributed by atoms with Gasteiger partial charge < -0.3 is 4.74 Å². The van der Waals surface area contributed by atoms with Crippen LogP contribution < -0.4 is 4.74 Å². The average molecular weight is 223 g/mol. The summed E-state index contributed by atoms with van der Waals surface area (Å²) in [6.45, 7) is 0. The molecule has 1 aromatic rings. The van der Waals surface area contributed by atoms with Crippen LogP contribution in [0.4, 0.5) is 0 Å². The summed E-state index contributed by atoms with van der Waals surface area (Å²) < 4.78 is 5.11. The monoisotopic (exact) mass is 223 g/mol. The Kier molecular flexibility index (Phi) is 4.79. The van der Waals surface area contributed by atoms with Gasteiger partial charge in [-0.1, -0.05) is 12.1 Å². The van der Waals surface area contributed by atoms with Crippen molar-refractivity contribution in [3.63, 3.8) is 0 Å². The van der Waals surface area contributed by atoms with Gasteiger partial charge in [0.25, 0.3) is 0 Å². The lowest BCUT2D eigenvalue weighted by Gasteiger charge is -2.13. The SMILES string of the molecule is COc1cccc(CCC(=O)N(C)OC)c1. The van der Waals surface area contributed by atoms with Crippen LogP contribution in [0.3, 0.4) is 0 Å². The molecule has 0 heterocycles. The highest BCUT2D eigenvalue weighted by Crippen LogP contribution is 2.14. The Hall–Kier alpha value is -1.55. The summed E-state index contributed by atoms with van der Waals surface area (Å²) >= 11 is 0. The number of hydrogen-bond acceptors (Lipinski definition) is 3. The molecule has 0 bridgehead atoms. The quantitative estimate of drug-likeness (QED) is 0.712. The minimum Gasteiger partial charge on any atom is -0.497 e. The lowest BCUT2D eigenvalue weighted by atomic mass is 10.1. The van der Waals surface area contributed by atoms with Gasteiger partial charge in [0.15, 0.2) is 0 Å². The number of methoxy groups -OCH3 is 1. The molecule has 0 spiro atoms. The number of rotatable bonds is 5. The minimum atomic E-state index is -0.0367. The van der Waals surface area contributed by atoms with Crippen molar-refractivity contribution in [3.05, 3.63) is 29.8 Å². The first-order valence-corrected chi connectivity index (χ1v) is 5.11. The number of carbonyl (C=O) groups is 1. The fourth-order valence-corrected chi connectivity index (χ4v) is 1.34. The molecule has 0 aliphatic heterocycles. The minimum absolute atomic E-state index is 0.0367. The van der Waals surface area contributed by atoms with E-state index in [-0.39, 0.29) is 5.91 Å². The maximum Gasteiger partial charge on any atom is 0.246 e. The number of nitrogens with zero attached hydrogens (tertiary/aromatic N) is 1. The van der Waals surface area contributed by atoms with Gasteiger partial charge in [-0.3, -0.25) is 9.63 Å². The van der Waals surface area contributed by atoms with Gasteiger partial charge in [0.05, 0.1) is 14.2 Å². The first-order chi connectivity index (χ1) is 7.67. The molecule has 0 unspecified atom stereocenters. The van der Waals surface area contributed by atoms with Crippen molar-refractivity contribution >= 4 is 5.91 Å². The molecule has 1 aromatic carbocycles. The number of amides is 1. The predicted molar refractivity (Wildman–Crippen MR) is 61.1 cm³/mol. The topological polar surface area (TPSA) is 38.8 Å². The molecule has 0 saturated carbocycles. The van der Waals surface area contributed by atoms with Gasteiger partial charge in [-0.15, -0.1) is 0 Å². The van der Waals surface area contributed by atoms with E-state index < -0.39 is 0 Å². The smallest absolute Gasteiger partial charge is 0.246 e. The lowest BCUT2D eigenvalue weighted by molar-refractivity contribution is -0.168. The van der Waals surface area contributed by atoms with Crippen LogP contribution in [0.2, 0.25) is 0 Å². The summed E-state index contributed by atoms with van der Waals surface area (Å²) in [7, 11) is 4.71. The summed E-state index contributed by atoms with van der Waals surface area (Å²) in [5.74, 6) is 0.773. The Labute approximate surface area is 95.7 Å². The van der Waals surface area contributed by atoms with E-state index >= 15 is 0 Å². The van der Waals surface area contributed by atoms with E-state index in [2.05, 4.69) is 0 Å². The van der Waals surface area contributed by atoms with E-state index in [9.17, 15) is 4.79 Å². The highest BCUT2D eigenvalue weighted by molar-refractivity contribution is 5.75. The van der Waals surface area contributed by atoms with Crippen LogP contribution in [0.25, 0.3) is 0 Å². The van der Waals surface area contributed by atoms with Gasteiger partial charge in [0.2, 0.25) is 5.91 Å². The molecular weight excluding hydrogens is 206 g/mol. The largest absolute Gasteiger partial charge is 0.497 e. The van der Waals surface area contributed by atoms with Crippen molar-refractivity contribution in [3.8, 4) is 5.75 Å². The second-order valence-electron chi connectivity index (χ2n) is 3.43. The molecule has 0 saturated heterocycles. The average Bonchev–Trinajstić information content (AvgIpc) is 2.35.